The molecule has 1 aromatic carbocycles. The highest BCUT2D eigenvalue weighted by Crippen LogP contribution is 2.30. The topological polar surface area (TPSA) is 59.8 Å². The fourth-order valence-corrected chi connectivity index (χ4v) is 4.63. The predicted octanol–water partition coefficient (Wildman–Crippen LogP) is 5.93. The van der Waals surface area contributed by atoms with Crippen LogP contribution in [0.4, 0.5) is 5.69 Å². The average molecular weight is 441 g/mol. The van der Waals surface area contributed by atoms with Gasteiger partial charge in [-0.1, -0.05) is 35.0 Å². The van der Waals surface area contributed by atoms with E-state index in [4.69, 9.17) is 23.2 Å². The molecule has 9 heteroatoms. The highest BCUT2D eigenvalue weighted by atomic mass is 35.5. The van der Waals surface area contributed by atoms with Gasteiger partial charge in [0.05, 0.1) is 5.75 Å². The number of amides is 1. The van der Waals surface area contributed by atoms with Gasteiger partial charge in [0.2, 0.25) is 5.91 Å². The number of nitrogens with zero attached hydrogens (tertiary/aromatic N) is 3. The van der Waals surface area contributed by atoms with Crippen molar-refractivity contribution in [3.05, 3.63) is 44.6 Å². The number of nitrogens with one attached hydrogen (secondary N) is 1. The lowest BCUT2D eigenvalue weighted by molar-refractivity contribution is -0.113. The van der Waals surface area contributed by atoms with Gasteiger partial charge < -0.3 is 5.32 Å². The summed E-state index contributed by atoms with van der Waals surface area (Å²) >= 11 is 15.0. The number of hydrogen-bond acceptors (Lipinski definition) is 5. The Bertz CT molecular complexity index is 948. The molecule has 2 heterocycles. The van der Waals surface area contributed by atoms with Crippen molar-refractivity contribution in [1.29, 1.82) is 0 Å². The van der Waals surface area contributed by atoms with Gasteiger partial charge in [-0.05, 0) is 45.0 Å². The molecule has 0 spiro atoms. The molecule has 27 heavy (non-hydrogen) atoms. The molecule has 1 amide bonds. The molecule has 0 radical (unpaired) electrons. The quantitative estimate of drug-likeness (QED) is 0.482. The predicted molar refractivity (Wildman–Crippen MR) is 114 cm³/mol. The molecule has 5 nitrogen and oxygen atoms in total. The van der Waals surface area contributed by atoms with Gasteiger partial charge in [-0.25, -0.2) is 0 Å². The highest BCUT2D eigenvalue weighted by Gasteiger charge is 2.18. The van der Waals surface area contributed by atoms with Crippen molar-refractivity contribution in [2.45, 2.75) is 32.0 Å². The lowest BCUT2D eigenvalue weighted by Crippen LogP contribution is -2.15. The van der Waals surface area contributed by atoms with Crippen molar-refractivity contribution in [2.75, 3.05) is 11.1 Å². The van der Waals surface area contributed by atoms with Crippen LogP contribution in [0.15, 0.2) is 34.8 Å². The van der Waals surface area contributed by atoms with Gasteiger partial charge in [-0.3, -0.25) is 9.36 Å². The second-order valence-corrected chi connectivity index (χ2v) is 9.14. The van der Waals surface area contributed by atoms with Crippen LogP contribution < -0.4 is 5.32 Å². The Hall–Kier alpha value is -1.54. The molecule has 2 aromatic heterocycles. The van der Waals surface area contributed by atoms with Crippen molar-refractivity contribution < 1.29 is 4.79 Å². The molecule has 0 saturated carbocycles. The summed E-state index contributed by atoms with van der Waals surface area (Å²) in [4.78, 5) is 13.5. The number of halogens is 2. The number of thiophene rings is 1. The van der Waals surface area contributed by atoms with Crippen LogP contribution in [-0.4, -0.2) is 26.4 Å². The molecule has 0 atom stereocenters. The third-order valence-electron chi connectivity index (χ3n) is 3.65. The van der Waals surface area contributed by atoms with E-state index in [2.05, 4.69) is 52.3 Å². The van der Waals surface area contributed by atoms with Crippen LogP contribution in [-0.2, 0) is 4.79 Å². The zero-order valence-corrected chi connectivity index (χ0v) is 18.1. The number of carbonyl (C=O) groups excluding carboxylic acids is 1. The van der Waals surface area contributed by atoms with E-state index in [-0.39, 0.29) is 17.7 Å². The molecule has 3 rings (SSSR count). The Morgan fingerprint density at radius 3 is 2.52 bits per heavy atom. The first-order valence-corrected chi connectivity index (χ1v) is 10.8. The smallest absolute Gasteiger partial charge is 0.234 e. The van der Waals surface area contributed by atoms with Crippen LogP contribution in [0.2, 0.25) is 10.0 Å². The Morgan fingerprint density at radius 1 is 1.22 bits per heavy atom. The van der Waals surface area contributed by atoms with E-state index in [1.165, 1.54) is 16.6 Å². The minimum absolute atomic E-state index is 0.162. The van der Waals surface area contributed by atoms with Crippen molar-refractivity contribution in [3.63, 3.8) is 0 Å². The largest absolute Gasteiger partial charge is 0.325 e. The number of carbonyl (C=O) groups is 1. The van der Waals surface area contributed by atoms with E-state index in [1.807, 2.05) is 0 Å². The third kappa shape index (κ3) is 5.04. The first kappa shape index (κ1) is 20.2. The number of rotatable bonds is 6. The molecular weight excluding hydrogens is 423 g/mol. The summed E-state index contributed by atoms with van der Waals surface area (Å²) in [7, 11) is 0. The van der Waals surface area contributed by atoms with Crippen LogP contribution in [0.25, 0.3) is 11.4 Å². The SMILES string of the molecule is Cc1cc(-c2nnc(SCC(=O)Nc3cc(Cl)cc(Cl)c3)n2C(C)C)cs1. The summed E-state index contributed by atoms with van der Waals surface area (Å²) in [6, 6.07) is 7.20. The van der Waals surface area contributed by atoms with E-state index >= 15 is 0 Å². The molecule has 0 aliphatic heterocycles. The highest BCUT2D eigenvalue weighted by molar-refractivity contribution is 7.99. The Labute approximate surface area is 176 Å². The van der Waals surface area contributed by atoms with Gasteiger partial charge in [0.1, 0.15) is 0 Å². The van der Waals surface area contributed by atoms with E-state index in [0.717, 1.165) is 11.4 Å². The van der Waals surface area contributed by atoms with Crippen LogP contribution in [0.5, 0.6) is 0 Å². The van der Waals surface area contributed by atoms with E-state index in [1.54, 1.807) is 29.5 Å². The number of anilines is 1. The molecule has 0 saturated heterocycles. The third-order valence-corrected chi connectivity index (χ3v) is 5.89. The maximum absolute atomic E-state index is 12.3. The van der Waals surface area contributed by atoms with Crippen LogP contribution in [0.3, 0.4) is 0 Å². The maximum atomic E-state index is 12.3. The molecule has 1 N–H and O–H groups in total. The average Bonchev–Trinajstić information content (AvgIpc) is 3.17. The molecule has 0 aliphatic carbocycles. The fourth-order valence-electron chi connectivity index (χ4n) is 2.55. The summed E-state index contributed by atoms with van der Waals surface area (Å²) < 4.78 is 2.05. The van der Waals surface area contributed by atoms with Crippen molar-refractivity contribution in [3.8, 4) is 11.4 Å². The summed E-state index contributed by atoms with van der Waals surface area (Å²) in [5.41, 5.74) is 1.61. The zero-order valence-electron chi connectivity index (χ0n) is 15.0. The Balaban J connectivity index is 1.72. The Morgan fingerprint density at radius 2 is 1.93 bits per heavy atom. The number of benzene rings is 1. The Kier molecular flexibility index (Phi) is 6.47. The lowest BCUT2D eigenvalue weighted by Gasteiger charge is -2.13. The summed E-state index contributed by atoms with van der Waals surface area (Å²) in [5, 5.41) is 15.2. The van der Waals surface area contributed by atoms with Gasteiger partial charge in [-0.2, -0.15) is 0 Å². The zero-order chi connectivity index (χ0) is 19.6. The number of aromatic nitrogens is 3. The molecule has 0 unspecified atom stereocenters. The van der Waals surface area contributed by atoms with E-state index in [0.29, 0.717) is 20.9 Å². The van der Waals surface area contributed by atoms with Crippen LogP contribution >= 0.6 is 46.3 Å². The summed E-state index contributed by atoms with van der Waals surface area (Å²) in [6.45, 7) is 6.21. The minimum atomic E-state index is -0.162. The number of thioether (sulfide) groups is 1. The van der Waals surface area contributed by atoms with Gasteiger partial charge in [0, 0.05) is 37.6 Å². The van der Waals surface area contributed by atoms with Crippen LogP contribution in [0, 0.1) is 6.92 Å². The summed E-state index contributed by atoms with van der Waals surface area (Å²) in [5.74, 6) is 0.862. The second-order valence-electron chi connectivity index (χ2n) is 6.21. The summed E-state index contributed by atoms with van der Waals surface area (Å²) in [6.07, 6.45) is 0. The fraction of sp³-hybridized carbons (Fsp3) is 0.278. The standard InChI is InChI=1S/C18H18Cl2N4OS2/c1-10(2)24-17(12-4-11(3)26-8-12)22-23-18(24)27-9-16(25)21-15-6-13(19)5-14(20)7-15/h4-8,10H,9H2,1-3H3,(H,21,25). The van der Waals surface area contributed by atoms with Crippen molar-refractivity contribution in [1.82, 2.24) is 14.8 Å². The van der Waals surface area contributed by atoms with Crippen molar-refractivity contribution >= 4 is 57.9 Å². The normalized spacial score (nSPS) is 11.2. The number of hydrogen-bond donors (Lipinski definition) is 1. The molecular formula is C18H18Cl2N4OS2. The van der Waals surface area contributed by atoms with Gasteiger partial charge in [0.25, 0.3) is 0 Å². The monoisotopic (exact) mass is 440 g/mol. The van der Waals surface area contributed by atoms with Crippen LogP contribution in [0.1, 0.15) is 24.8 Å². The maximum Gasteiger partial charge on any atom is 0.234 e. The molecule has 142 valence electrons. The molecule has 0 aliphatic rings. The number of aryl methyl sites for hydroxylation is 1. The minimum Gasteiger partial charge on any atom is -0.325 e. The molecule has 0 fully saturated rings. The molecule has 0 bridgehead atoms. The second kappa shape index (κ2) is 8.65. The first-order valence-electron chi connectivity index (χ1n) is 8.22. The lowest BCUT2D eigenvalue weighted by atomic mass is 10.3. The van der Waals surface area contributed by atoms with Gasteiger partial charge in [0.15, 0.2) is 11.0 Å². The van der Waals surface area contributed by atoms with E-state index < -0.39 is 0 Å². The van der Waals surface area contributed by atoms with Gasteiger partial charge >= 0.3 is 0 Å². The van der Waals surface area contributed by atoms with Gasteiger partial charge in [-0.15, -0.1) is 21.5 Å². The molecule has 3 aromatic rings. The first-order chi connectivity index (χ1) is 12.8. The van der Waals surface area contributed by atoms with Crippen molar-refractivity contribution in [2.24, 2.45) is 0 Å². The van der Waals surface area contributed by atoms with E-state index in [9.17, 15) is 4.79 Å².